The predicted octanol–water partition coefficient (Wildman–Crippen LogP) is 2.96. The second-order valence-electron chi connectivity index (χ2n) is 4.06. The van der Waals surface area contributed by atoms with Gasteiger partial charge in [-0.3, -0.25) is 4.79 Å². The van der Waals surface area contributed by atoms with Gasteiger partial charge >= 0.3 is 0 Å². The lowest BCUT2D eigenvalue weighted by atomic mass is 10.1. The highest BCUT2D eigenvalue weighted by Crippen LogP contribution is 2.22. The Bertz CT molecular complexity index is 421. The van der Waals surface area contributed by atoms with Gasteiger partial charge in [-0.05, 0) is 42.0 Å². The van der Waals surface area contributed by atoms with Crippen LogP contribution in [0.15, 0.2) is 18.2 Å². The highest BCUT2D eigenvalue weighted by molar-refractivity contribution is 7.99. The molecule has 1 saturated heterocycles. The van der Waals surface area contributed by atoms with Crippen molar-refractivity contribution in [2.24, 2.45) is 5.92 Å². The van der Waals surface area contributed by atoms with Crippen LogP contribution in [0.1, 0.15) is 16.8 Å². The quantitative estimate of drug-likeness (QED) is 0.917. The van der Waals surface area contributed by atoms with Crippen molar-refractivity contribution in [3.05, 3.63) is 34.6 Å². The van der Waals surface area contributed by atoms with Crippen molar-refractivity contribution in [2.45, 2.75) is 6.42 Å². The summed E-state index contributed by atoms with van der Waals surface area (Å²) in [5, 5.41) is 3.13. The van der Waals surface area contributed by atoms with E-state index < -0.39 is 5.82 Å². The zero-order valence-corrected chi connectivity index (χ0v) is 10.8. The monoisotopic (exact) mass is 273 g/mol. The third kappa shape index (κ3) is 3.36. The van der Waals surface area contributed by atoms with Crippen molar-refractivity contribution in [1.82, 2.24) is 5.32 Å². The highest BCUT2D eigenvalue weighted by Gasteiger charge is 2.18. The van der Waals surface area contributed by atoms with Crippen molar-refractivity contribution < 1.29 is 9.18 Å². The van der Waals surface area contributed by atoms with Crippen molar-refractivity contribution in [2.75, 3.05) is 18.1 Å². The van der Waals surface area contributed by atoms with Gasteiger partial charge in [0, 0.05) is 11.6 Å². The third-order valence-corrected chi connectivity index (χ3v) is 4.21. The molecule has 0 spiro atoms. The molecule has 92 valence electrons. The van der Waals surface area contributed by atoms with Crippen molar-refractivity contribution in [3.8, 4) is 0 Å². The van der Waals surface area contributed by atoms with E-state index >= 15 is 0 Å². The molecule has 1 unspecified atom stereocenters. The number of benzene rings is 1. The topological polar surface area (TPSA) is 29.1 Å². The van der Waals surface area contributed by atoms with E-state index in [-0.39, 0.29) is 11.5 Å². The van der Waals surface area contributed by atoms with E-state index in [0.717, 1.165) is 17.9 Å². The number of hydrogen-bond acceptors (Lipinski definition) is 2. The van der Waals surface area contributed by atoms with Crippen LogP contribution in [0.4, 0.5) is 4.39 Å². The summed E-state index contributed by atoms with van der Waals surface area (Å²) in [6.07, 6.45) is 1.11. The van der Waals surface area contributed by atoms with Gasteiger partial charge in [0.1, 0.15) is 5.82 Å². The maximum atomic E-state index is 13.4. The largest absolute Gasteiger partial charge is 0.352 e. The second kappa shape index (κ2) is 5.74. The van der Waals surface area contributed by atoms with E-state index in [2.05, 4.69) is 5.32 Å². The fourth-order valence-electron chi connectivity index (χ4n) is 1.75. The Morgan fingerprint density at radius 1 is 1.59 bits per heavy atom. The molecule has 1 fully saturated rings. The Morgan fingerprint density at radius 3 is 3.12 bits per heavy atom. The molecular weight excluding hydrogens is 261 g/mol. The fourth-order valence-corrected chi connectivity index (χ4v) is 3.20. The molecule has 5 heteroatoms. The molecule has 1 aromatic rings. The van der Waals surface area contributed by atoms with Gasteiger partial charge in [-0.25, -0.2) is 4.39 Å². The van der Waals surface area contributed by atoms with Gasteiger partial charge in [0.2, 0.25) is 0 Å². The number of carbonyl (C=O) groups excluding carboxylic acids is 1. The minimum atomic E-state index is -0.535. The highest BCUT2D eigenvalue weighted by atomic mass is 35.5. The standard InChI is InChI=1S/C12H13ClFNOS/c13-9-1-2-11(14)10(5-9)12(16)15-6-8-3-4-17-7-8/h1-2,5,8H,3-4,6-7H2,(H,15,16). The minimum Gasteiger partial charge on any atom is -0.352 e. The number of thioether (sulfide) groups is 1. The van der Waals surface area contributed by atoms with Gasteiger partial charge in [-0.2, -0.15) is 11.8 Å². The first-order valence-electron chi connectivity index (χ1n) is 5.48. The third-order valence-electron chi connectivity index (χ3n) is 2.75. The molecular formula is C12H13ClFNOS. The first-order chi connectivity index (χ1) is 8.16. The van der Waals surface area contributed by atoms with Gasteiger partial charge in [0.05, 0.1) is 5.56 Å². The summed E-state index contributed by atoms with van der Waals surface area (Å²) in [5.41, 5.74) is 0.0168. The summed E-state index contributed by atoms with van der Waals surface area (Å²) in [4.78, 5) is 11.8. The van der Waals surface area contributed by atoms with E-state index in [1.54, 1.807) is 0 Å². The lowest BCUT2D eigenvalue weighted by molar-refractivity contribution is 0.0944. The number of amides is 1. The van der Waals surface area contributed by atoms with Crippen LogP contribution in [0, 0.1) is 11.7 Å². The molecule has 2 rings (SSSR count). The molecule has 1 aliphatic rings. The summed E-state index contributed by atoms with van der Waals surface area (Å²) in [5.74, 6) is 1.80. The maximum Gasteiger partial charge on any atom is 0.254 e. The Kier molecular flexibility index (Phi) is 4.29. The lowest BCUT2D eigenvalue weighted by Crippen LogP contribution is -2.29. The second-order valence-corrected chi connectivity index (χ2v) is 5.65. The van der Waals surface area contributed by atoms with Crippen LogP contribution in [0.2, 0.25) is 5.02 Å². The fraction of sp³-hybridized carbons (Fsp3) is 0.417. The number of halogens is 2. The molecule has 1 aliphatic heterocycles. The van der Waals surface area contributed by atoms with Crippen LogP contribution in [-0.2, 0) is 0 Å². The summed E-state index contributed by atoms with van der Waals surface area (Å²) in [6.45, 7) is 0.609. The van der Waals surface area contributed by atoms with E-state index in [9.17, 15) is 9.18 Å². The molecule has 17 heavy (non-hydrogen) atoms. The SMILES string of the molecule is O=C(NCC1CCSC1)c1cc(Cl)ccc1F. The Balaban J connectivity index is 1.96. The molecule has 1 aromatic carbocycles. The zero-order valence-electron chi connectivity index (χ0n) is 9.21. The van der Waals surface area contributed by atoms with Crippen LogP contribution in [0.5, 0.6) is 0 Å². The minimum absolute atomic E-state index is 0.0168. The molecule has 1 heterocycles. The Morgan fingerprint density at radius 2 is 2.41 bits per heavy atom. The van der Waals surface area contributed by atoms with Gasteiger partial charge in [-0.15, -0.1) is 0 Å². The number of hydrogen-bond donors (Lipinski definition) is 1. The molecule has 1 N–H and O–H groups in total. The van der Waals surface area contributed by atoms with Crippen molar-refractivity contribution in [1.29, 1.82) is 0 Å². The van der Waals surface area contributed by atoms with Crippen LogP contribution < -0.4 is 5.32 Å². The van der Waals surface area contributed by atoms with Gasteiger partial charge in [0.15, 0.2) is 0 Å². The van der Waals surface area contributed by atoms with E-state index in [4.69, 9.17) is 11.6 Å². The molecule has 0 aliphatic carbocycles. The van der Waals surface area contributed by atoms with Crippen LogP contribution in [0.3, 0.4) is 0 Å². The normalized spacial score (nSPS) is 19.3. The average molecular weight is 274 g/mol. The Hall–Kier alpha value is -0.740. The van der Waals surface area contributed by atoms with Crippen molar-refractivity contribution in [3.63, 3.8) is 0 Å². The maximum absolute atomic E-state index is 13.4. The summed E-state index contributed by atoms with van der Waals surface area (Å²) in [6, 6.07) is 4.00. The van der Waals surface area contributed by atoms with Gasteiger partial charge in [0.25, 0.3) is 5.91 Å². The number of nitrogens with one attached hydrogen (secondary N) is 1. The predicted molar refractivity (Wildman–Crippen MR) is 69.2 cm³/mol. The van der Waals surface area contributed by atoms with Gasteiger partial charge < -0.3 is 5.32 Å². The van der Waals surface area contributed by atoms with E-state index in [0.29, 0.717) is 17.5 Å². The van der Waals surface area contributed by atoms with Crippen LogP contribution in [0.25, 0.3) is 0 Å². The van der Waals surface area contributed by atoms with E-state index in [1.807, 2.05) is 11.8 Å². The first-order valence-corrected chi connectivity index (χ1v) is 7.01. The van der Waals surface area contributed by atoms with Crippen LogP contribution >= 0.6 is 23.4 Å². The smallest absolute Gasteiger partial charge is 0.254 e. The molecule has 2 nitrogen and oxygen atoms in total. The van der Waals surface area contributed by atoms with Crippen molar-refractivity contribution >= 4 is 29.3 Å². The molecule has 0 aromatic heterocycles. The summed E-state index contributed by atoms with van der Waals surface area (Å²) in [7, 11) is 0. The number of carbonyl (C=O) groups is 1. The molecule has 0 saturated carbocycles. The Labute approximate surface area is 109 Å². The number of rotatable bonds is 3. The summed E-state index contributed by atoms with van der Waals surface area (Å²) >= 11 is 7.63. The molecule has 0 bridgehead atoms. The first kappa shape index (κ1) is 12.7. The van der Waals surface area contributed by atoms with Crippen LogP contribution in [-0.4, -0.2) is 24.0 Å². The molecule has 1 amide bonds. The molecule has 1 atom stereocenters. The summed E-state index contributed by atoms with van der Waals surface area (Å²) < 4.78 is 13.4. The molecule has 0 radical (unpaired) electrons. The zero-order chi connectivity index (χ0) is 12.3. The van der Waals surface area contributed by atoms with E-state index in [1.165, 1.54) is 18.2 Å². The van der Waals surface area contributed by atoms with Gasteiger partial charge in [-0.1, -0.05) is 11.6 Å². The average Bonchev–Trinajstić information content (AvgIpc) is 2.82. The lowest BCUT2D eigenvalue weighted by Gasteiger charge is -2.10.